The van der Waals surface area contributed by atoms with Crippen molar-refractivity contribution in [3.63, 3.8) is 0 Å². The molecule has 148 valence electrons. The SMILES string of the molecule is CCc1ccc(C2=NN(C(=O)c3ccc(OC)cc3)[C@](O)(C(F)(F)F)C2)cc1. The van der Waals surface area contributed by atoms with Crippen LogP contribution in [0.25, 0.3) is 0 Å². The van der Waals surface area contributed by atoms with E-state index >= 15 is 0 Å². The number of alkyl halides is 3. The number of hydrogen-bond donors (Lipinski definition) is 1. The average molecular weight is 392 g/mol. The summed E-state index contributed by atoms with van der Waals surface area (Å²) in [5, 5.41) is 14.4. The largest absolute Gasteiger partial charge is 0.497 e. The minimum Gasteiger partial charge on any atom is -0.497 e. The summed E-state index contributed by atoms with van der Waals surface area (Å²) in [6.07, 6.45) is -5.14. The molecule has 0 spiro atoms. The molecule has 1 heterocycles. The molecule has 0 saturated carbocycles. The molecule has 8 heteroatoms. The van der Waals surface area contributed by atoms with Crippen molar-refractivity contribution in [1.82, 2.24) is 5.01 Å². The summed E-state index contributed by atoms with van der Waals surface area (Å²) < 4.78 is 46.0. The van der Waals surface area contributed by atoms with Crippen molar-refractivity contribution >= 4 is 11.6 Å². The summed E-state index contributed by atoms with van der Waals surface area (Å²) in [6.45, 7) is 1.96. The molecular formula is C20H19F3N2O3. The maximum absolute atomic E-state index is 13.7. The van der Waals surface area contributed by atoms with Crippen LogP contribution in [0, 0.1) is 0 Å². The summed E-state index contributed by atoms with van der Waals surface area (Å²) in [5.41, 5.74) is -2.04. The molecular weight excluding hydrogens is 373 g/mol. The second-order valence-corrected chi connectivity index (χ2v) is 6.43. The molecule has 0 saturated heterocycles. The molecule has 0 aliphatic carbocycles. The molecule has 0 fully saturated rings. The predicted molar refractivity (Wildman–Crippen MR) is 97.1 cm³/mol. The molecule has 1 amide bonds. The van der Waals surface area contributed by atoms with Gasteiger partial charge in [0.25, 0.3) is 11.6 Å². The van der Waals surface area contributed by atoms with Gasteiger partial charge < -0.3 is 9.84 Å². The number of carbonyl (C=O) groups excluding carboxylic acids is 1. The average Bonchev–Trinajstić information content (AvgIpc) is 3.06. The standard InChI is InChI=1S/C20H19F3N2O3/c1-3-13-4-6-14(7-5-13)17-12-19(27,20(21,22)23)25(24-17)18(26)15-8-10-16(28-2)11-9-15/h4-11,27H,3,12H2,1-2H3/t19-/m1/s1. The van der Waals surface area contributed by atoms with E-state index in [-0.39, 0.29) is 16.3 Å². The van der Waals surface area contributed by atoms with E-state index in [0.29, 0.717) is 11.3 Å². The highest BCUT2D eigenvalue weighted by Gasteiger charge is 2.63. The van der Waals surface area contributed by atoms with Crippen molar-refractivity contribution < 1.29 is 27.8 Å². The van der Waals surface area contributed by atoms with Crippen LogP contribution in [0.4, 0.5) is 13.2 Å². The minimum absolute atomic E-state index is 0.00987. The number of carbonyl (C=O) groups is 1. The zero-order valence-electron chi connectivity index (χ0n) is 15.3. The second kappa shape index (κ2) is 7.27. The van der Waals surface area contributed by atoms with Crippen LogP contribution in [0.1, 0.15) is 34.8 Å². The molecule has 1 atom stereocenters. The van der Waals surface area contributed by atoms with Crippen molar-refractivity contribution in [2.45, 2.75) is 31.7 Å². The highest BCUT2D eigenvalue weighted by atomic mass is 19.4. The third kappa shape index (κ3) is 3.47. The van der Waals surface area contributed by atoms with Crippen LogP contribution in [-0.4, -0.2) is 40.7 Å². The fourth-order valence-corrected chi connectivity index (χ4v) is 2.93. The van der Waals surface area contributed by atoms with E-state index < -0.39 is 24.2 Å². The van der Waals surface area contributed by atoms with Gasteiger partial charge in [-0.2, -0.15) is 23.3 Å². The number of aliphatic hydroxyl groups is 1. The van der Waals surface area contributed by atoms with E-state index in [1.807, 2.05) is 6.92 Å². The Morgan fingerprint density at radius 2 is 1.79 bits per heavy atom. The Morgan fingerprint density at radius 3 is 2.29 bits per heavy atom. The van der Waals surface area contributed by atoms with E-state index in [4.69, 9.17) is 4.74 Å². The van der Waals surface area contributed by atoms with Crippen LogP contribution in [0.5, 0.6) is 5.75 Å². The first kappa shape index (κ1) is 19.9. The lowest BCUT2D eigenvalue weighted by Gasteiger charge is -2.32. The third-order valence-electron chi connectivity index (χ3n) is 4.66. The smallest absolute Gasteiger partial charge is 0.438 e. The van der Waals surface area contributed by atoms with Gasteiger partial charge in [-0.25, -0.2) is 0 Å². The molecule has 28 heavy (non-hydrogen) atoms. The highest BCUT2D eigenvalue weighted by Crippen LogP contribution is 2.42. The lowest BCUT2D eigenvalue weighted by atomic mass is 9.99. The zero-order valence-corrected chi connectivity index (χ0v) is 15.3. The van der Waals surface area contributed by atoms with Gasteiger partial charge in [-0.1, -0.05) is 31.2 Å². The molecule has 0 aromatic heterocycles. The minimum atomic E-state index is -5.08. The van der Waals surface area contributed by atoms with Gasteiger partial charge in [0.15, 0.2) is 0 Å². The number of hydrogen-bond acceptors (Lipinski definition) is 4. The lowest BCUT2D eigenvalue weighted by molar-refractivity contribution is -0.297. The van der Waals surface area contributed by atoms with Gasteiger partial charge in [-0.3, -0.25) is 4.79 Å². The maximum Gasteiger partial charge on any atom is 0.438 e. The number of nitrogens with zero attached hydrogens (tertiary/aromatic N) is 2. The zero-order chi connectivity index (χ0) is 20.5. The van der Waals surface area contributed by atoms with Gasteiger partial charge in [0.1, 0.15) is 5.75 Å². The molecule has 0 radical (unpaired) electrons. The Morgan fingerprint density at radius 1 is 1.18 bits per heavy atom. The number of benzene rings is 2. The van der Waals surface area contributed by atoms with E-state index in [2.05, 4.69) is 5.10 Å². The first-order chi connectivity index (χ1) is 13.2. The van der Waals surface area contributed by atoms with Crippen molar-refractivity contribution in [3.8, 4) is 5.75 Å². The fourth-order valence-electron chi connectivity index (χ4n) is 2.93. The highest BCUT2D eigenvalue weighted by molar-refractivity contribution is 6.05. The van der Waals surface area contributed by atoms with Crippen LogP contribution in [-0.2, 0) is 6.42 Å². The number of rotatable bonds is 4. The van der Waals surface area contributed by atoms with Gasteiger partial charge in [-0.15, -0.1) is 0 Å². The summed E-state index contributed by atoms with van der Waals surface area (Å²) >= 11 is 0. The van der Waals surface area contributed by atoms with Crippen molar-refractivity contribution in [2.75, 3.05) is 7.11 Å². The van der Waals surface area contributed by atoms with E-state index in [1.54, 1.807) is 24.3 Å². The fraction of sp³-hybridized carbons (Fsp3) is 0.300. The third-order valence-corrected chi connectivity index (χ3v) is 4.66. The molecule has 3 rings (SSSR count). The normalized spacial score (nSPS) is 19.5. The van der Waals surface area contributed by atoms with Crippen LogP contribution in [0.2, 0.25) is 0 Å². The summed E-state index contributed by atoms with van der Waals surface area (Å²) in [7, 11) is 1.43. The van der Waals surface area contributed by atoms with Crippen LogP contribution < -0.4 is 4.74 Å². The maximum atomic E-state index is 13.7. The quantitative estimate of drug-likeness (QED) is 0.862. The van der Waals surface area contributed by atoms with Crippen molar-refractivity contribution in [2.24, 2.45) is 5.10 Å². The Balaban J connectivity index is 1.99. The molecule has 5 nitrogen and oxygen atoms in total. The number of amides is 1. The second-order valence-electron chi connectivity index (χ2n) is 6.43. The lowest BCUT2D eigenvalue weighted by Crippen LogP contribution is -2.56. The van der Waals surface area contributed by atoms with Gasteiger partial charge in [0.05, 0.1) is 19.2 Å². The molecule has 2 aromatic carbocycles. The predicted octanol–water partition coefficient (Wildman–Crippen LogP) is 3.76. The number of halogens is 3. The van der Waals surface area contributed by atoms with Crippen LogP contribution in [0.15, 0.2) is 53.6 Å². The van der Waals surface area contributed by atoms with Gasteiger partial charge in [0.2, 0.25) is 0 Å². The molecule has 0 bridgehead atoms. The summed E-state index contributed by atoms with van der Waals surface area (Å²) in [6, 6.07) is 12.4. The van der Waals surface area contributed by atoms with Gasteiger partial charge in [0, 0.05) is 5.56 Å². The van der Waals surface area contributed by atoms with Crippen LogP contribution >= 0.6 is 0 Å². The number of hydrazone groups is 1. The first-order valence-electron chi connectivity index (χ1n) is 8.64. The number of ether oxygens (including phenoxy) is 1. The number of aryl methyl sites for hydroxylation is 1. The summed E-state index contributed by atoms with van der Waals surface area (Å²) in [4.78, 5) is 12.7. The number of methoxy groups -OCH3 is 1. The Hall–Kier alpha value is -2.87. The summed E-state index contributed by atoms with van der Waals surface area (Å²) in [5.74, 6) is -0.605. The Labute approximate surface area is 160 Å². The molecule has 1 aliphatic rings. The van der Waals surface area contributed by atoms with Gasteiger partial charge in [-0.05, 0) is 41.8 Å². The molecule has 1 aliphatic heterocycles. The monoisotopic (exact) mass is 392 g/mol. The molecule has 0 unspecified atom stereocenters. The molecule has 1 N–H and O–H groups in total. The van der Waals surface area contributed by atoms with E-state index in [9.17, 15) is 23.1 Å². The molecule has 2 aromatic rings. The van der Waals surface area contributed by atoms with Crippen molar-refractivity contribution in [3.05, 3.63) is 65.2 Å². The van der Waals surface area contributed by atoms with Crippen LogP contribution in [0.3, 0.4) is 0 Å². The first-order valence-corrected chi connectivity index (χ1v) is 8.64. The van der Waals surface area contributed by atoms with E-state index in [0.717, 1.165) is 12.0 Å². The van der Waals surface area contributed by atoms with Gasteiger partial charge >= 0.3 is 6.18 Å². The Bertz CT molecular complexity index is 892. The van der Waals surface area contributed by atoms with E-state index in [1.165, 1.54) is 31.4 Å². The Kier molecular flexibility index (Phi) is 5.16. The topological polar surface area (TPSA) is 62.1 Å². The van der Waals surface area contributed by atoms with Crippen molar-refractivity contribution in [1.29, 1.82) is 0 Å².